The van der Waals surface area contributed by atoms with Gasteiger partial charge in [0.15, 0.2) is 36.3 Å². The standard InChI is InChI=1S/C25H27NO6/c1-16(27)17-10-11-21(22(12-17)30-5)31-15-24(29)32-14-18(28)13-23-25(2,3)19-8-6-7-9-20(19)26(23)4/h6-13H,14-15H2,1-5H3/b23-13+. The van der Waals surface area contributed by atoms with Gasteiger partial charge in [-0.1, -0.05) is 32.0 Å². The van der Waals surface area contributed by atoms with E-state index >= 15 is 0 Å². The number of anilines is 1. The number of carbonyl (C=O) groups is 3. The maximum atomic E-state index is 12.5. The van der Waals surface area contributed by atoms with Gasteiger partial charge in [0.2, 0.25) is 0 Å². The lowest BCUT2D eigenvalue weighted by atomic mass is 9.83. The average molecular weight is 437 g/mol. The minimum absolute atomic E-state index is 0.110. The van der Waals surface area contributed by atoms with Crippen molar-refractivity contribution in [2.24, 2.45) is 0 Å². The van der Waals surface area contributed by atoms with E-state index in [2.05, 4.69) is 13.8 Å². The molecule has 1 heterocycles. The lowest BCUT2D eigenvalue weighted by Crippen LogP contribution is -2.25. The summed E-state index contributed by atoms with van der Waals surface area (Å²) in [6.45, 7) is 4.78. The van der Waals surface area contributed by atoms with Crippen LogP contribution in [-0.4, -0.2) is 44.9 Å². The van der Waals surface area contributed by atoms with Crippen LogP contribution in [0, 0.1) is 0 Å². The summed E-state index contributed by atoms with van der Waals surface area (Å²) < 4.78 is 15.7. The molecule has 0 aliphatic carbocycles. The molecule has 0 atom stereocenters. The van der Waals surface area contributed by atoms with Gasteiger partial charge in [-0.25, -0.2) is 4.79 Å². The van der Waals surface area contributed by atoms with Crippen LogP contribution in [0.15, 0.2) is 54.2 Å². The van der Waals surface area contributed by atoms with Crippen LogP contribution in [0.4, 0.5) is 5.69 Å². The highest BCUT2D eigenvalue weighted by Crippen LogP contribution is 2.46. The number of allylic oxidation sites excluding steroid dienone is 1. The van der Waals surface area contributed by atoms with Gasteiger partial charge in [-0.15, -0.1) is 0 Å². The van der Waals surface area contributed by atoms with Crippen LogP contribution >= 0.6 is 0 Å². The number of fused-ring (bicyclic) bond motifs is 1. The summed E-state index contributed by atoms with van der Waals surface area (Å²) in [4.78, 5) is 38.0. The molecule has 32 heavy (non-hydrogen) atoms. The molecule has 0 fully saturated rings. The van der Waals surface area contributed by atoms with E-state index in [0.29, 0.717) is 17.1 Å². The normalized spacial score (nSPS) is 15.3. The van der Waals surface area contributed by atoms with Crippen molar-refractivity contribution in [2.75, 3.05) is 32.3 Å². The van der Waals surface area contributed by atoms with E-state index in [1.165, 1.54) is 26.2 Å². The predicted octanol–water partition coefficient (Wildman–Crippen LogP) is 3.70. The SMILES string of the molecule is COc1cc(C(C)=O)ccc1OCC(=O)OCC(=O)/C=C1/N(C)c2ccccc2C1(C)C. The number of para-hydroxylation sites is 1. The maximum Gasteiger partial charge on any atom is 0.344 e. The molecule has 7 nitrogen and oxygen atoms in total. The van der Waals surface area contributed by atoms with Crippen LogP contribution in [0.5, 0.6) is 11.5 Å². The van der Waals surface area contributed by atoms with Crippen molar-refractivity contribution in [3.8, 4) is 11.5 Å². The van der Waals surface area contributed by atoms with Crippen LogP contribution in [0.3, 0.4) is 0 Å². The summed E-state index contributed by atoms with van der Waals surface area (Å²) in [5.74, 6) is -0.477. The summed E-state index contributed by atoms with van der Waals surface area (Å²) in [5.41, 5.74) is 3.16. The lowest BCUT2D eigenvalue weighted by molar-refractivity contribution is -0.149. The number of nitrogens with zero attached hydrogens (tertiary/aromatic N) is 1. The van der Waals surface area contributed by atoms with Crippen molar-refractivity contribution in [3.05, 3.63) is 65.4 Å². The molecule has 0 N–H and O–H groups in total. The van der Waals surface area contributed by atoms with Crippen molar-refractivity contribution in [3.63, 3.8) is 0 Å². The fourth-order valence-electron chi connectivity index (χ4n) is 3.79. The van der Waals surface area contributed by atoms with E-state index in [1.807, 2.05) is 36.2 Å². The van der Waals surface area contributed by atoms with Crippen molar-refractivity contribution >= 4 is 23.2 Å². The quantitative estimate of drug-likeness (QED) is 0.354. The fourth-order valence-corrected chi connectivity index (χ4v) is 3.79. The summed E-state index contributed by atoms with van der Waals surface area (Å²) in [7, 11) is 3.35. The minimum Gasteiger partial charge on any atom is -0.493 e. The Morgan fingerprint density at radius 1 is 1.03 bits per heavy atom. The largest absolute Gasteiger partial charge is 0.493 e. The fraction of sp³-hybridized carbons (Fsp3) is 0.320. The number of carbonyl (C=O) groups excluding carboxylic acids is 3. The number of likely N-dealkylation sites (N-methyl/N-ethyl adjacent to an activating group) is 1. The molecule has 1 aliphatic rings. The molecule has 3 rings (SSSR count). The van der Waals surface area contributed by atoms with Crippen LogP contribution < -0.4 is 14.4 Å². The Morgan fingerprint density at radius 3 is 2.41 bits per heavy atom. The predicted molar refractivity (Wildman–Crippen MR) is 120 cm³/mol. The Kier molecular flexibility index (Phi) is 6.67. The second kappa shape index (κ2) is 9.26. The molecule has 0 unspecified atom stereocenters. The van der Waals surface area contributed by atoms with E-state index < -0.39 is 12.6 Å². The maximum absolute atomic E-state index is 12.5. The number of hydrogen-bond donors (Lipinski definition) is 0. The number of benzene rings is 2. The Morgan fingerprint density at radius 2 is 1.75 bits per heavy atom. The average Bonchev–Trinajstić information content (AvgIpc) is 2.96. The molecule has 2 aromatic rings. The summed E-state index contributed by atoms with van der Waals surface area (Å²) in [6, 6.07) is 12.7. The number of esters is 1. The Hall–Kier alpha value is -3.61. The van der Waals surface area contributed by atoms with Crippen molar-refractivity contribution in [1.29, 1.82) is 0 Å². The Bertz CT molecular complexity index is 1090. The first-order chi connectivity index (χ1) is 15.1. The Labute approximate surface area is 187 Å². The lowest BCUT2D eigenvalue weighted by Gasteiger charge is -2.23. The number of hydrogen-bond acceptors (Lipinski definition) is 7. The second-order valence-electron chi connectivity index (χ2n) is 8.07. The Balaban J connectivity index is 1.58. The molecule has 0 radical (unpaired) electrons. The summed E-state index contributed by atoms with van der Waals surface area (Å²) in [5, 5.41) is 0. The molecule has 0 aromatic heterocycles. The van der Waals surface area contributed by atoms with Gasteiger partial charge in [0.05, 0.1) is 7.11 Å². The smallest absolute Gasteiger partial charge is 0.344 e. The number of methoxy groups -OCH3 is 1. The second-order valence-corrected chi connectivity index (χ2v) is 8.07. The van der Waals surface area contributed by atoms with Crippen LogP contribution in [0.25, 0.3) is 0 Å². The van der Waals surface area contributed by atoms with E-state index in [0.717, 1.165) is 16.9 Å². The van der Waals surface area contributed by atoms with Crippen LogP contribution in [-0.2, 0) is 19.7 Å². The van der Waals surface area contributed by atoms with Gasteiger partial charge in [-0.2, -0.15) is 0 Å². The van der Waals surface area contributed by atoms with Crippen molar-refractivity contribution in [1.82, 2.24) is 0 Å². The zero-order valence-electron chi connectivity index (χ0n) is 18.9. The first-order valence-electron chi connectivity index (χ1n) is 10.2. The minimum atomic E-state index is -0.684. The molecule has 168 valence electrons. The first-order valence-corrected chi connectivity index (χ1v) is 10.2. The van der Waals surface area contributed by atoms with E-state index in [9.17, 15) is 14.4 Å². The molecule has 0 saturated carbocycles. The highest BCUT2D eigenvalue weighted by atomic mass is 16.6. The van der Waals surface area contributed by atoms with Gasteiger partial charge in [-0.05, 0) is 36.8 Å². The van der Waals surface area contributed by atoms with Crippen molar-refractivity contribution in [2.45, 2.75) is 26.2 Å². The summed E-state index contributed by atoms with van der Waals surface area (Å²) >= 11 is 0. The third kappa shape index (κ3) is 4.66. The molecule has 0 amide bonds. The van der Waals surface area contributed by atoms with Gasteiger partial charge in [0.25, 0.3) is 0 Å². The number of ketones is 2. The third-order valence-corrected chi connectivity index (χ3v) is 5.53. The van der Waals surface area contributed by atoms with Gasteiger partial charge in [-0.3, -0.25) is 9.59 Å². The third-order valence-electron chi connectivity index (χ3n) is 5.53. The number of rotatable bonds is 8. The first kappa shape index (κ1) is 23.1. The zero-order chi connectivity index (χ0) is 23.5. The molecule has 0 saturated heterocycles. The monoisotopic (exact) mass is 437 g/mol. The number of Topliss-reactive ketones (excluding diaryl/α,β-unsaturated/α-hetero) is 1. The number of ether oxygens (including phenoxy) is 3. The van der Waals surface area contributed by atoms with Gasteiger partial charge in [0.1, 0.15) is 0 Å². The molecular formula is C25H27NO6. The molecule has 0 spiro atoms. The topological polar surface area (TPSA) is 82.1 Å². The molecule has 7 heteroatoms. The van der Waals surface area contributed by atoms with Gasteiger partial charge >= 0.3 is 5.97 Å². The van der Waals surface area contributed by atoms with Gasteiger partial charge < -0.3 is 19.1 Å². The highest BCUT2D eigenvalue weighted by molar-refractivity contribution is 5.95. The highest BCUT2D eigenvalue weighted by Gasteiger charge is 2.38. The van der Waals surface area contributed by atoms with E-state index in [4.69, 9.17) is 14.2 Å². The van der Waals surface area contributed by atoms with E-state index in [-0.39, 0.29) is 23.6 Å². The molecule has 2 aromatic carbocycles. The summed E-state index contributed by atoms with van der Waals surface area (Å²) in [6.07, 6.45) is 1.53. The van der Waals surface area contributed by atoms with Crippen LogP contribution in [0.2, 0.25) is 0 Å². The molecule has 1 aliphatic heterocycles. The molecule has 0 bridgehead atoms. The van der Waals surface area contributed by atoms with E-state index in [1.54, 1.807) is 12.1 Å². The van der Waals surface area contributed by atoms with Gasteiger partial charge in [0, 0.05) is 35.5 Å². The zero-order valence-corrected chi connectivity index (χ0v) is 18.9. The van der Waals surface area contributed by atoms with Crippen LogP contribution in [0.1, 0.15) is 36.7 Å². The van der Waals surface area contributed by atoms with Crippen molar-refractivity contribution < 1.29 is 28.6 Å². The molecular weight excluding hydrogens is 410 g/mol.